The lowest BCUT2D eigenvalue weighted by molar-refractivity contribution is -0.301. The van der Waals surface area contributed by atoms with Gasteiger partial charge in [0.25, 0.3) is 0 Å². The Kier molecular flexibility index (Phi) is 51.7. The molecule has 462 valence electrons. The van der Waals surface area contributed by atoms with Crippen LogP contribution in [0.2, 0.25) is 0 Å². The van der Waals surface area contributed by atoms with Gasteiger partial charge in [0.05, 0.1) is 6.61 Å². The maximum Gasteiger partial charge on any atom is 0.335 e. The van der Waals surface area contributed by atoms with Gasteiger partial charge in [-0.15, -0.1) is 0 Å². The van der Waals surface area contributed by atoms with Crippen molar-refractivity contribution in [2.24, 2.45) is 0 Å². The number of carbonyl (C=O) groups excluding carboxylic acids is 3. The molecule has 1 aliphatic heterocycles. The van der Waals surface area contributed by atoms with Gasteiger partial charge in [0.1, 0.15) is 18.8 Å². The molecule has 0 aliphatic carbocycles. The van der Waals surface area contributed by atoms with Crippen LogP contribution < -0.4 is 0 Å². The quantitative estimate of drug-likeness (QED) is 0.0228. The fourth-order valence-electron chi connectivity index (χ4n) is 9.18. The van der Waals surface area contributed by atoms with Crippen molar-refractivity contribution in [1.82, 2.24) is 0 Å². The number of carboxylic acids is 1. The van der Waals surface area contributed by atoms with Gasteiger partial charge in [-0.2, -0.15) is 0 Å². The first kappa shape index (κ1) is 74.7. The minimum atomic E-state index is -1.92. The molecule has 6 atom stereocenters. The first-order chi connectivity index (χ1) is 39.6. The summed E-state index contributed by atoms with van der Waals surface area (Å²) in [5.74, 6) is -3.18. The zero-order valence-electron chi connectivity index (χ0n) is 51.0. The van der Waals surface area contributed by atoms with E-state index in [4.69, 9.17) is 23.7 Å². The van der Waals surface area contributed by atoms with Gasteiger partial charge in [-0.3, -0.25) is 14.4 Å². The second kappa shape index (κ2) is 56.1. The number of hydrogen-bond donors (Lipinski definition) is 3. The van der Waals surface area contributed by atoms with Crippen LogP contribution in [0.1, 0.15) is 265 Å². The van der Waals surface area contributed by atoms with Gasteiger partial charge in [0.2, 0.25) is 0 Å². The Hall–Kier alpha value is -4.36. The molecule has 3 N–H and O–H groups in total. The largest absolute Gasteiger partial charge is 0.479 e. The molecule has 0 aromatic heterocycles. The third kappa shape index (κ3) is 45.8. The number of carboxylic acid groups (broad SMARTS) is 1. The number of carbonyl (C=O) groups is 4. The van der Waals surface area contributed by atoms with Crippen LogP contribution in [-0.2, 0) is 42.9 Å². The minimum absolute atomic E-state index is 0.0470. The van der Waals surface area contributed by atoms with Crippen molar-refractivity contribution >= 4 is 23.9 Å². The van der Waals surface area contributed by atoms with E-state index in [1.54, 1.807) is 0 Å². The molecule has 1 saturated heterocycles. The van der Waals surface area contributed by atoms with Gasteiger partial charge in [0.15, 0.2) is 24.6 Å². The second-order valence-electron chi connectivity index (χ2n) is 21.7. The van der Waals surface area contributed by atoms with Crippen LogP contribution in [0.5, 0.6) is 0 Å². The zero-order valence-corrected chi connectivity index (χ0v) is 51.0. The Morgan fingerprint density at radius 3 is 1.20 bits per heavy atom. The van der Waals surface area contributed by atoms with Crippen molar-refractivity contribution in [2.45, 2.75) is 302 Å². The first-order valence-corrected chi connectivity index (χ1v) is 32.2. The van der Waals surface area contributed by atoms with Gasteiger partial charge in [-0.1, -0.05) is 221 Å². The van der Waals surface area contributed by atoms with Crippen LogP contribution in [0.3, 0.4) is 0 Å². The lowest BCUT2D eigenvalue weighted by Crippen LogP contribution is -2.61. The van der Waals surface area contributed by atoms with Crippen molar-refractivity contribution in [3.8, 4) is 0 Å². The van der Waals surface area contributed by atoms with E-state index in [1.165, 1.54) is 77.0 Å². The van der Waals surface area contributed by atoms with Crippen LogP contribution in [0.25, 0.3) is 0 Å². The number of ether oxygens (including phenoxy) is 5. The highest BCUT2D eigenvalue weighted by atomic mass is 16.7. The van der Waals surface area contributed by atoms with Crippen molar-refractivity contribution in [2.75, 3.05) is 13.2 Å². The summed E-state index contributed by atoms with van der Waals surface area (Å²) in [5.41, 5.74) is 0. The summed E-state index contributed by atoms with van der Waals surface area (Å²) in [6.07, 6.45) is 62.2. The normalized spacial score (nSPS) is 18.4. The average Bonchev–Trinajstić information content (AvgIpc) is 3.54. The first-order valence-electron chi connectivity index (χ1n) is 32.2. The van der Waals surface area contributed by atoms with E-state index < -0.39 is 67.3 Å². The Morgan fingerprint density at radius 1 is 0.420 bits per heavy atom. The monoisotopic (exact) mass is 1130 g/mol. The van der Waals surface area contributed by atoms with E-state index in [0.717, 1.165) is 128 Å². The van der Waals surface area contributed by atoms with Crippen LogP contribution in [0, 0.1) is 0 Å². The predicted molar refractivity (Wildman–Crippen MR) is 331 cm³/mol. The smallest absolute Gasteiger partial charge is 0.335 e. The number of allylic oxidation sites excluding steroid dienone is 16. The highest BCUT2D eigenvalue weighted by molar-refractivity contribution is 5.74. The van der Waals surface area contributed by atoms with E-state index in [2.05, 4.69) is 118 Å². The molecule has 1 fully saturated rings. The molecule has 0 saturated carbocycles. The Balaban J connectivity index is 2.66. The number of aliphatic hydroxyl groups excluding tert-OH is 2. The maximum atomic E-state index is 13.2. The minimum Gasteiger partial charge on any atom is -0.479 e. The Labute approximate surface area is 492 Å². The molecule has 0 aromatic rings. The third-order valence-electron chi connectivity index (χ3n) is 14.1. The van der Waals surface area contributed by atoms with Gasteiger partial charge in [0, 0.05) is 19.3 Å². The summed E-state index contributed by atoms with van der Waals surface area (Å²) in [6, 6.07) is 0. The number of esters is 3. The molecule has 0 amide bonds. The molecule has 12 nitrogen and oxygen atoms in total. The summed E-state index contributed by atoms with van der Waals surface area (Å²) in [5, 5.41) is 31.6. The third-order valence-corrected chi connectivity index (χ3v) is 14.1. The summed E-state index contributed by atoms with van der Waals surface area (Å²) in [6.45, 7) is 5.80. The molecule has 0 aromatic carbocycles. The highest BCUT2D eigenvalue weighted by Gasteiger charge is 2.50. The van der Waals surface area contributed by atoms with Crippen molar-refractivity contribution in [1.29, 1.82) is 0 Å². The Bertz CT molecular complexity index is 1780. The van der Waals surface area contributed by atoms with Crippen LogP contribution in [-0.4, -0.2) is 89.2 Å². The van der Waals surface area contributed by atoms with Crippen molar-refractivity contribution in [3.63, 3.8) is 0 Å². The lowest BCUT2D eigenvalue weighted by atomic mass is 9.98. The summed E-state index contributed by atoms with van der Waals surface area (Å²) in [7, 11) is 0. The topological polar surface area (TPSA) is 175 Å². The molecule has 6 unspecified atom stereocenters. The van der Waals surface area contributed by atoms with E-state index in [1.807, 2.05) is 0 Å². The van der Waals surface area contributed by atoms with E-state index in [0.29, 0.717) is 19.3 Å². The fourth-order valence-corrected chi connectivity index (χ4v) is 9.18. The molecule has 12 heteroatoms. The standard InChI is InChI=1S/C69H114O12/c1-4-7-10-13-16-19-22-25-27-29-31-33-35-38-40-43-46-49-52-55-61(70)77-58-60(79-62(71)56-53-50-47-44-41-37-24-21-18-15-12-9-6-3)59-78-69-67(65(74)64(73)66(81-69)68(75)76)80-63(72)57-54-51-48-45-42-39-36-34-32-30-28-26-23-20-17-14-11-8-5-2/h9,12,16-21,25-28,31,33,37,41,60,64-67,69,73-74H,4-8,10-11,13-15,22-24,29-30,32,34-36,38-40,42-59H2,1-3H3,(H,75,76)/b12-9-,19-16-,20-17-,21-18-,27-25-,28-26-,33-31-,41-37-. The van der Waals surface area contributed by atoms with Gasteiger partial charge in [-0.25, -0.2) is 4.79 Å². The number of hydrogen-bond acceptors (Lipinski definition) is 11. The molecular formula is C69H114O12. The molecule has 1 rings (SSSR count). The van der Waals surface area contributed by atoms with Gasteiger partial charge >= 0.3 is 23.9 Å². The molecule has 0 radical (unpaired) electrons. The number of aliphatic carboxylic acids is 1. The second-order valence-corrected chi connectivity index (χ2v) is 21.7. The maximum absolute atomic E-state index is 13.2. The predicted octanol–water partition coefficient (Wildman–Crippen LogP) is 17.2. The molecule has 1 aliphatic rings. The van der Waals surface area contributed by atoms with Crippen molar-refractivity contribution < 1.29 is 58.2 Å². The number of aliphatic hydroxyl groups is 2. The fraction of sp³-hybridized carbons (Fsp3) is 0.710. The van der Waals surface area contributed by atoms with Crippen LogP contribution >= 0.6 is 0 Å². The van der Waals surface area contributed by atoms with Crippen molar-refractivity contribution in [3.05, 3.63) is 97.2 Å². The summed E-state index contributed by atoms with van der Waals surface area (Å²) in [4.78, 5) is 51.3. The molecular weight excluding hydrogens is 1020 g/mol. The van der Waals surface area contributed by atoms with E-state index in [-0.39, 0.29) is 25.9 Å². The van der Waals surface area contributed by atoms with Crippen LogP contribution in [0.15, 0.2) is 97.2 Å². The molecule has 0 spiro atoms. The SMILES string of the molecule is CC/C=C\C/C=C\C/C=C\CCCCCC(=O)OC(COC(=O)CCCCCCCC/C=C\C/C=C\C/C=C\CCCCC)COC1OC(C(=O)O)C(O)C(O)C1OC(=O)CCCCCCCCCCC/C=C\C/C=C\CCCCC. The zero-order chi connectivity index (χ0) is 58.9. The van der Waals surface area contributed by atoms with Gasteiger partial charge in [-0.05, 0) is 122 Å². The van der Waals surface area contributed by atoms with E-state index >= 15 is 0 Å². The number of unbranched alkanes of at least 4 members (excludes halogenated alkanes) is 24. The van der Waals surface area contributed by atoms with E-state index in [9.17, 15) is 34.5 Å². The summed E-state index contributed by atoms with van der Waals surface area (Å²) >= 11 is 0. The average molecular weight is 1140 g/mol. The number of rotatable bonds is 54. The molecule has 81 heavy (non-hydrogen) atoms. The molecule has 0 bridgehead atoms. The molecule has 1 heterocycles. The summed E-state index contributed by atoms with van der Waals surface area (Å²) < 4.78 is 28.5. The highest BCUT2D eigenvalue weighted by Crippen LogP contribution is 2.26. The van der Waals surface area contributed by atoms with Crippen LogP contribution in [0.4, 0.5) is 0 Å². The lowest BCUT2D eigenvalue weighted by Gasteiger charge is -2.40. The Morgan fingerprint density at radius 2 is 0.778 bits per heavy atom. The van der Waals surface area contributed by atoms with Gasteiger partial charge < -0.3 is 39.0 Å².